The molecule has 0 bridgehead atoms. The topological polar surface area (TPSA) is 77.1 Å². The number of amides is 2. The minimum Gasteiger partial charge on any atom is -0.493 e. The van der Waals surface area contributed by atoms with Crippen LogP contribution in [0.5, 0.6) is 17.2 Å². The minimum atomic E-state index is -0.128. The fraction of sp³-hybridized carbons (Fsp3) is 0.440. The van der Waals surface area contributed by atoms with Gasteiger partial charge < -0.3 is 24.4 Å². The Balaban J connectivity index is 1.17. The molecule has 0 unspecified atom stereocenters. The third-order valence-electron chi connectivity index (χ3n) is 6.01. The van der Waals surface area contributed by atoms with E-state index in [4.69, 9.17) is 14.2 Å². The highest BCUT2D eigenvalue weighted by molar-refractivity contribution is 5.95. The third kappa shape index (κ3) is 5.15. The van der Waals surface area contributed by atoms with Gasteiger partial charge in [0.05, 0.1) is 6.61 Å². The van der Waals surface area contributed by atoms with Crippen LogP contribution in [0.2, 0.25) is 0 Å². The molecule has 2 aromatic rings. The van der Waals surface area contributed by atoms with Crippen molar-refractivity contribution in [3.8, 4) is 17.2 Å². The molecule has 2 aliphatic rings. The van der Waals surface area contributed by atoms with Gasteiger partial charge >= 0.3 is 0 Å². The summed E-state index contributed by atoms with van der Waals surface area (Å²) < 4.78 is 16.5. The molecule has 7 heteroatoms. The van der Waals surface area contributed by atoms with Crippen molar-refractivity contribution in [2.24, 2.45) is 0 Å². The van der Waals surface area contributed by atoms with Crippen molar-refractivity contribution in [3.63, 3.8) is 0 Å². The number of carbonyl (C=O) groups excluding carboxylic acids is 2. The van der Waals surface area contributed by atoms with Crippen LogP contribution in [0.15, 0.2) is 36.4 Å². The van der Waals surface area contributed by atoms with Crippen LogP contribution >= 0.6 is 0 Å². The molecule has 1 saturated heterocycles. The first-order valence-corrected chi connectivity index (χ1v) is 11.2. The molecule has 2 heterocycles. The third-order valence-corrected chi connectivity index (χ3v) is 6.01. The normalized spacial score (nSPS) is 15.5. The second kappa shape index (κ2) is 9.94. The predicted octanol–water partition coefficient (Wildman–Crippen LogP) is 3.61. The van der Waals surface area contributed by atoms with E-state index >= 15 is 0 Å². The lowest BCUT2D eigenvalue weighted by Crippen LogP contribution is -2.46. The summed E-state index contributed by atoms with van der Waals surface area (Å²) in [5.74, 6) is 2.19. The zero-order valence-corrected chi connectivity index (χ0v) is 18.7. The number of likely N-dealkylation sites (tertiary alicyclic amines) is 1. The van der Waals surface area contributed by atoms with Crippen LogP contribution in [-0.2, 0) is 4.79 Å². The van der Waals surface area contributed by atoms with E-state index in [9.17, 15) is 9.59 Å². The van der Waals surface area contributed by atoms with Crippen LogP contribution in [0.4, 0.5) is 0 Å². The van der Waals surface area contributed by atoms with E-state index in [1.165, 1.54) is 0 Å². The molecule has 2 aliphatic heterocycles. The number of carbonyl (C=O) groups is 2. The molecule has 7 nitrogen and oxygen atoms in total. The molecule has 2 amide bonds. The largest absolute Gasteiger partial charge is 0.493 e. The zero-order valence-electron chi connectivity index (χ0n) is 18.7. The lowest BCUT2D eigenvalue weighted by Gasteiger charge is -2.32. The van der Waals surface area contributed by atoms with Gasteiger partial charge in [0.2, 0.25) is 12.7 Å². The number of para-hydroxylation sites is 1. The van der Waals surface area contributed by atoms with Gasteiger partial charge in [-0.1, -0.05) is 18.2 Å². The number of hydrogen-bond donors (Lipinski definition) is 1. The van der Waals surface area contributed by atoms with Gasteiger partial charge in [0.15, 0.2) is 11.5 Å². The fourth-order valence-electron chi connectivity index (χ4n) is 4.16. The highest BCUT2D eigenvalue weighted by atomic mass is 16.7. The molecule has 0 radical (unpaired) electrons. The number of ether oxygens (including phenoxy) is 3. The monoisotopic (exact) mass is 438 g/mol. The first-order chi connectivity index (χ1) is 15.5. The highest BCUT2D eigenvalue weighted by Crippen LogP contribution is 2.32. The average molecular weight is 439 g/mol. The van der Waals surface area contributed by atoms with Gasteiger partial charge in [0.1, 0.15) is 5.75 Å². The maximum absolute atomic E-state index is 12.6. The second-order valence-electron chi connectivity index (χ2n) is 8.37. The van der Waals surface area contributed by atoms with Gasteiger partial charge in [-0.05, 0) is 62.4 Å². The average Bonchev–Trinajstić information content (AvgIpc) is 3.26. The van der Waals surface area contributed by atoms with Gasteiger partial charge in [-0.3, -0.25) is 9.59 Å². The number of fused-ring (bicyclic) bond motifs is 1. The van der Waals surface area contributed by atoms with Gasteiger partial charge in [-0.2, -0.15) is 0 Å². The first kappa shape index (κ1) is 22.0. The molecule has 1 N–H and O–H groups in total. The Hall–Kier alpha value is -3.22. The van der Waals surface area contributed by atoms with Crippen LogP contribution in [0, 0.1) is 13.8 Å². The van der Waals surface area contributed by atoms with E-state index in [-0.39, 0.29) is 24.6 Å². The SMILES string of the molecule is Cc1cccc(C)c1OCCCC(=O)N1CCC(NC(=O)c2ccc3c(c2)OCO3)CC1. The summed E-state index contributed by atoms with van der Waals surface area (Å²) in [6.07, 6.45) is 2.66. The van der Waals surface area contributed by atoms with Crippen LogP contribution in [0.1, 0.15) is 47.2 Å². The Morgan fingerprint density at radius 3 is 2.53 bits per heavy atom. The van der Waals surface area contributed by atoms with E-state index in [0.717, 1.165) is 29.7 Å². The minimum absolute atomic E-state index is 0.0596. The number of aryl methyl sites for hydroxylation is 2. The molecule has 170 valence electrons. The summed E-state index contributed by atoms with van der Waals surface area (Å²) in [7, 11) is 0. The number of nitrogens with one attached hydrogen (secondary N) is 1. The smallest absolute Gasteiger partial charge is 0.251 e. The van der Waals surface area contributed by atoms with E-state index in [1.807, 2.05) is 36.9 Å². The van der Waals surface area contributed by atoms with E-state index in [2.05, 4.69) is 5.32 Å². The van der Waals surface area contributed by atoms with E-state index < -0.39 is 0 Å². The summed E-state index contributed by atoms with van der Waals surface area (Å²) in [6, 6.07) is 11.3. The Bertz CT molecular complexity index is 962. The van der Waals surface area contributed by atoms with Crippen molar-refractivity contribution in [2.45, 2.75) is 45.6 Å². The quantitative estimate of drug-likeness (QED) is 0.669. The summed E-state index contributed by atoms with van der Waals surface area (Å²) in [4.78, 5) is 27.0. The van der Waals surface area contributed by atoms with Crippen molar-refractivity contribution in [2.75, 3.05) is 26.5 Å². The number of benzene rings is 2. The lowest BCUT2D eigenvalue weighted by atomic mass is 10.0. The molecule has 1 fully saturated rings. The Labute approximate surface area is 188 Å². The number of nitrogens with zero attached hydrogens (tertiary/aromatic N) is 1. The van der Waals surface area contributed by atoms with Crippen LogP contribution in [0.3, 0.4) is 0 Å². The van der Waals surface area contributed by atoms with Crippen molar-refractivity contribution in [1.82, 2.24) is 10.2 Å². The van der Waals surface area contributed by atoms with Crippen molar-refractivity contribution >= 4 is 11.8 Å². The Morgan fingerprint density at radius 2 is 1.78 bits per heavy atom. The van der Waals surface area contributed by atoms with Gasteiger partial charge in [-0.15, -0.1) is 0 Å². The Kier molecular flexibility index (Phi) is 6.83. The number of piperidine rings is 1. The lowest BCUT2D eigenvalue weighted by molar-refractivity contribution is -0.132. The summed E-state index contributed by atoms with van der Waals surface area (Å²) in [6.45, 7) is 6.08. The van der Waals surface area contributed by atoms with Crippen molar-refractivity contribution < 1.29 is 23.8 Å². The van der Waals surface area contributed by atoms with E-state index in [1.54, 1.807) is 18.2 Å². The molecule has 0 atom stereocenters. The van der Waals surface area contributed by atoms with Crippen LogP contribution in [0.25, 0.3) is 0 Å². The summed E-state index contributed by atoms with van der Waals surface area (Å²) in [5, 5.41) is 3.07. The molecular weight excluding hydrogens is 408 g/mol. The van der Waals surface area contributed by atoms with Gasteiger partial charge in [0, 0.05) is 31.1 Å². The van der Waals surface area contributed by atoms with Crippen molar-refractivity contribution in [3.05, 3.63) is 53.1 Å². The molecule has 0 aromatic heterocycles. The molecule has 0 saturated carbocycles. The van der Waals surface area contributed by atoms with Crippen LogP contribution in [-0.4, -0.2) is 49.2 Å². The number of rotatable bonds is 7. The van der Waals surface area contributed by atoms with E-state index in [0.29, 0.717) is 49.6 Å². The van der Waals surface area contributed by atoms with Crippen LogP contribution < -0.4 is 19.5 Å². The summed E-state index contributed by atoms with van der Waals surface area (Å²) in [5.41, 5.74) is 2.78. The maximum atomic E-state index is 12.6. The van der Waals surface area contributed by atoms with Gasteiger partial charge in [-0.25, -0.2) is 0 Å². The molecule has 4 rings (SSSR count). The summed E-state index contributed by atoms with van der Waals surface area (Å²) >= 11 is 0. The second-order valence-corrected chi connectivity index (χ2v) is 8.37. The van der Waals surface area contributed by atoms with Crippen molar-refractivity contribution in [1.29, 1.82) is 0 Å². The molecule has 32 heavy (non-hydrogen) atoms. The molecule has 0 aliphatic carbocycles. The first-order valence-electron chi connectivity index (χ1n) is 11.2. The molecule has 0 spiro atoms. The molecular formula is C25H30N2O5. The van der Waals surface area contributed by atoms with Gasteiger partial charge in [0.25, 0.3) is 5.91 Å². The zero-order chi connectivity index (χ0) is 22.5. The predicted molar refractivity (Wildman–Crippen MR) is 120 cm³/mol. The molecule has 2 aromatic carbocycles. The maximum Gasteiger partial charge on any atom is 0.251 e. The Morgan fingerprint density at radius 1 is 1.06 bits per heavy atom. The standard InChI is InChI=1S/C25H30N2O5/c1-17-5-3-6-18(2)24(17)30-14-4-7-23(28)27-12-10-20(11-13-27)26-25(29)19-8-9-21-22(15-19)32-16-31-21/h3,5-6,8-9,15,20H,4,7,10-14,16H2,1-2H3,(H,26,29). The highest BCUT2D eigenvalue weighted by Gasteiger charge is 2.24. The number of hydrogen-bond acceptors (Lipinski definition) is 5. The fourth-order valence-corrected chi connectivity index (χ4v) is 4.16.